The van der Waals surface area contributed by atoms with E-state index in [-0.39, 0.29) is 11.4 Å². The van der Waals surface area contributed by atoms with Crippen LogP contribution in [0.1, 0.15) is 10.4 Å². The number of hydrogen-bond acceptors (Lipinski definition) is 6. The highest BCUT2D eigenvalue weighted by atomic mass is 16.7. The van der Waals surface area contributed by atoms with Gasteiger partial charge in [-0.3, -0.25) is 10.1 Å². The monoisotopic (exact) mass is 293 g/mol. The summed E-state index contributed by atoms with van der Waals surface area (Å²) in [7, 11) is 0. The number of benzene rings is 1. The topological polar surface area (TPSA) is 156 Å². The van der Waals surface area contributed by atoms with Gasteiger partial charge in [-0.2, -0.15) is 0 Å². The molecule has 0 radical (unpaired) electrons. The normalized spacial score (nSPS) is 10.1. The maximum atomic E-state index is 11.3. The Kier molecular flexibility index (Phi) is 3.52. The smallest absolute Gasteiger partial charge is 0.477 e. The van der Waals surface area contributed by atoms with Gasteiger partial charge in [0.25, 0.3) is 0 Å². The van der Waals surface area contributed by atoms with Crippen LogP contribution in [-0.4, -0.2) is 37.2 Å². The van der Waals surface area contributed by atoms with Crippen LogP contribution >= 0.6 is 0 Å². The van der Waals surface area contributed by atoms with Crippen molar-refractivity contribution in [1.29, 1.82) is 0 Å². The number of rotatable bonds is 4. The second-order valence-corrected chi connectivity index (χ2v) is 3.70. The van der Waals surface area contributed by atoms with Crippen molar-refractivity contribution in [3.63, 3.8) is 0 Å². The van der Waals surface area contributed by atoms with Gasteiger partial charge < -0.3 is 19.9 Å². The minimum Gasteiger partial charge on any atom is -0.477 e. The summed E-state index contributed by atoms with van der Waals surface area (Å²) in [5.41, 5.74) is -1.73. The number of aromatic carboxylic acids is 1. The number of aromatic amines is 1. The minimum absolute atomic E-state index is 0.0584. The van der Waals surface area contributed by atoms with E-state index in [9.17, 15) is 24.8 Å². The molecule has 0 unspecified atom stereocenters. The van der Waals surface area contributed by atoms with Crippen LogP contribution in [0.25, 0.3) is 11.4 Å². The number of imidazole rings is 1. The van der Waals surface area contributed by atoms with Crippen molar-refractivity contribution >= 4 is 17.8 Å². The van der Waals surface area contributed by atoms with Gasteiger partial charge in [-0.1, -0.05) is 0 Å². The highest BCUT2D eigenvalue weighted by molar-refractivity contribution is 6.01. The first-order valence-electron chi connectivity index (χ1n) is 5.37. The fourth-order valence-corrected chi connectivity index (χ4v) is 1.76. The lowest BCUT2D eigenvalue weighted by atomic mass is 10.0. The Morgan fingerprint density at radius 2 is 2.05 bits per heavy atom. The van der Waals surface area contributed by atoms with Gasteiger partial charge in [0.2, 0.25) is 5.75 Å². The number of hydrogen-bond donors (Lipinski definition) is 3. The molecule has 0 atom stereocenters. The highest BCUT2D eigenvalue weighted by Crippen LogP contribution is 2.37. The predicted molar refractivity (Wildman–Crippen MR) is 66.3 cm³/mol. The maximum Gasteiger partial charge on any atom is 0.511 e. The van der Waals surface area contributed by atoms with Crippen molar-refractivity contribution < 1.29 is 29.5 Å². The Labute approximate surface area is 115 Å². The molecule has 1 aromatic carbocycles. The van der Waals surface area contributed by atoms with E-state index in [4.69, 9.17) is 5.11 Å². The lowest BCUT2D eigenvalue weighted by molar-refractivity contribution is -0.385. The molecule has 0 saturated heterocycles. The van der Waals surface area contributed by atoms with Crippen LogP contribution < -0.4 is 4.74 Å². The van der Waals surface area contributed by atoms with Crippen molar-refractivity contribution in [3.05, 3.63) is 40.2 Å². The molecule has 0 bridgehead atoms. The molecule has 0 aliphatic carbocycles. The molecule has 1 heterocycles. The predicted octanol–water partition coefficient (Wildman–Crippen LogP) is 1.74. The molecule has 0 spiro atoms. The molecule has 1 aromatic heterocycles. The zero-order chi connectivity index (χ0) is 15.6. The molecule has 2 rings (SSSR count). The van der Waals surface area contributed by atoms with Crippen LogP contribution in [0.5, 0.6) is 5.75 Å². The first-order valence-corrected chi connectivity index (χ1v) is 5.37. The van der Waals surface area contributed by atoms with E-state index in [0.717, 1.165) is 6.07 Å². The van der Waals surface area contributed by atoms with Crippen molar-refractivity contribution in [1.82, 2.24) is 9.97 Å². The quantitative estimate of drug-likeness (QED) is 0.333. The fourth-order valence-electron chi connectivity index (χ4n) is 1.76. The van der Waals surface area contributed by atoms with Gasteiger partial charge in [0.15, 0.2) is 5.56 Å². The zero-order valence-corrected chi connectivity index (χ0v) is 10.1. The highest BCUT2D eigenvalue weighted by Gasteiger charge is 2.31. The van der Waals surface area contributed by atoms with Crippen LogP contribution in [0.3, 0.4) is 0 Å². The summed E-state index contributed by atoms with van der Waals surface area (Å²) in [6.45, 7) is 0. The van der Waals surface area contributed by atoms with Crippen molar-refractivity contribution in [2.24, 2.45) is 0 Å². The number of carbonyl (C=O) groups is 2. The van der Waals surface area contributed by atoms with Gasteiger partial charge in [-0.25, -0.2) is 14.6 Å². The first-order chi connectivity index (χ1) is 9.91. The lowest BCUT2D eigenvalue weighted by Gasteiger charge is -2.08. The number of nitro benzene ring substituents is 1. The van der Waals surface area contributed by atoms with Crippen LogP contribution in [-0.2, 0) is 0 Å². The Morgan fingerprint density at radius 3 is 2.52 bits per heavy atom. The Morgan fingerprint density at radius 1 is 1.33 bits per heavy atom. The number of carboxylic acid groups (broad SMARTS) is 2. The summed E-state index contributed by atoms with van der Waals surface area (Å²) in [5.74, 6) is -2.19. The van der Waals surface area contributed by atoms with Crippen LogP contribution in [0.15, 0.2) is 24.5 Å². The molecule has 0 amide bonds. The van der Waals surface area contributed by atoms with Gasteiger partial charge in [0.05, 0.1) is 4.92 Å². The Balaban J connectivity index is 2.76. The van der Waals surface area contributed by atoms with Gasteiger partial charge in [0, 0.05) is 18.0 Å². The average molecular weight is 293 g/mol. The SMILES string of the molecule is O=C(O)Oc1ccc(-c2ncc[nH]2)c(C(=O)O)c1[N+](=O)[O-]. The van der Waals surface area contributed by atoms with E-state index >= 15 is 0 Å². The molecule has 0 saturated carbocycles. The lowest BCUT2D eigenvalue weighted by Crippen LogP contribution is -2.10. The molecule has 0 aliphatic rings. The Hall–Kier alpha value is -3.43. The summed E-state index contributed by atoms with van der Waals surface area (Å²) in [4.78, 5) is 38.4. The van der Waals surface area contributed by atoms with Gasteiger partial charge >= 0.3 is 17.8 Å². The number of ether oxygens (including phenoxy) is 1. The van der Waals surface area contributed by atoms with E-state index in [1.165, 1.54) is 18.5 Å². The van der Waals surface area contributed by atoms with Gasteiger partial charge in [0.1, 0.15) is 5.82 Å². The fraction of sp³-hybridized carbons (Fsp3) is 0. The van der Waals surface area contributed by atoms with E-state index in [2.05, 4.69) is 14.7 Å². The molecule has 3 N–H and O–H groups in total. The largest absolute Gasteiger partial charge is 0.511 e. The summed E-state index contributed by atoms with van der Waals surface area (Å²) in [5, 5.41) is 28.8. The molecular weight excluding hydrogens is 286 g/mol. The number of H-pyrrole nitrogens is 1. The third-order valence-corrected chi connectivity index (χ3v) is 2.49. The molecule has 0 aliphatic heterocycles. The average Bonchev–Trinajstić information content (AvgIpc) is 2.90. The summed E-state index contributed by atoms with van der Waals surface area (Å²) in [6, 6.07) is 2.17. The summed E-state index contributed by atoms with van der Waals surface area (Å²) in [6.07, 6.45) is 0.961. The number of nitro groups is 1. The minimum atomic E-state index is -1.79. The van der Waals surface area contributed by atoms with E-state index in [1.54, 1.807) is 0 Å². The number of nitrogens with one attached hydrogen (secondary N) is 1. The van der Waals surface area contributed by atoms with E-state index in [1.807, 2.05) is 0 Å². The van der Waals surface area contributed by atoms with Crippen molar-refractivity contribution in [2.45, 2.75) is 0 Å². The van der Waals surface area contributed by atoms with E-state index in [0.29, 0.717) is 0 Å². The first kappa shape index (κ1) is 14.0. The van der Waals surface area contributed by atoms with Crippen LogP contribution in [0.4, 0.5) is 10.5 Å². The standard InChI is InChI=1S/C11H7N3O7/c15-10(16)7-5(9-12-3-4-13-9)1-2-6(21-11(17)18)8(7)14(19)20/h1-4H,(H,12,13)(H,15,16)(H,17,18). The number of nitrogens with zero attached hydrogens (tertiary/aromatic N) is 2. The molecule has 21 heavy (non-hydrogen) atoms. The molecular formula is C11H7N3O7. The number of carboxylic acids is 1. The molecule has 10 heteroatoms. The molecule has 10 nitrogen and oxygen atoms in total. The summed E-state index contributed by atoms with van der Waals surface area (Å²) >= 11 is 0. The third-order valence-electron chi connectivity index (χ3n) is 2.49. The van der Waals surface area contributed by atoms with Gasteiger partial charge in [-0.15, -0.1) is 0 Å². The third kappa shape index (κ3) is 2.63. The molecule has 108 valence electrons. The second kappa shape index (κ2) is 5.28. The second-order valence-electron chi connectivity index (χ2n) is 3.70. The van der Waals surface area contributed by atoms with Crippen LogP contribution in [0.2, 0.25) is 0 Å². The van der Waals surface area contributed by atoms with Gasteiger partial charge in [-0.05, 0) is 12.1 Å². The molecule has 0 fully saturated rings. The van der Waals surface area contributed by atoms with Crippen LogP contribution in [0, 0.1) is 10.1 Å². The van der Waals surface area contributed by atoms with E-state index < -0.39 is 34.0 Å². The van der Waals surface area contributed by atoms with Crippen molar-refractivity contribution in [2.75, 3.05) is 0 Å². The van der Waals surface area contributed by atoms with Crippen molar-refractivity contribution in [3.8, 4) is 17.1 Å². The Bertz CT molecular complexity index is 724. The maximum absolute atomic E-state index is 11.3. The zero-order valence-electron chi connectivity index (χ0n) is 10.1. The number of aromatic nitrogens is 2. The molecule has 2 aromatic rings. The summed E-state index contributed by atoms with van der Waals surface area (Å²) < 4.78 is 4.25.